The number of aryl methyl sites for hydroxylation is 3. The fraction of sp³-hybridized carbons (Fsp3) is 0.200. The van der Waals surface area contributed by atoms with E-state index in [1.54, 1.807) is 0 Å². The molecule has 0 bridgehead atoms. The van der Waals surface area contributed by atoms with Gasteiger partial charge in [-0.2, -0.15) is 0 Å². The summed E-state index contributed by atoms with van der Waals surface area (Å²) < 4.78 is 0. The van der Waals surface area contributed by atoms with Gasteiger partial charge in [0, 0.05) is 5.69 Å². The Balaban J connectivity index is 0.000000289. The van der Waals surface area contributed by atoms with Crippen molar-refractivity contribution in [3.05, 3.63) is 71.3 Å². The number of non-ortho nitro benzene ring substituents is 1. The Morgan fingerprint density at radius 3 is 1.50 bits per heavy atom. The summed E-state index contributed by atoms with van der Waals surface area (Å²) in [6.07, 6.45) is 0. The third-order valence-electron chi connectivity index (χ3n) is 3.40. The van der Waals surface area contributed by atoms with Crippen molar-refractivity contribution in [3.8, 4) is 5.75 Å². The normalized spacial score (nSPS) is 9.81. The van der Waals surface area contributed by atoms with Crippen LogP contribution in [0.1, 0.15) is 16.7 Å². The van der Waals surface area contributed by atoms with Crippen molar-refractivity contribution < 1.29 is 19.9 Å². The van der Waals surface area contributed by atoms with Crippen LogP contribution in [0.5, 0.6) is 5.75 Å². The summed E-state index contributed by atoms with van der Waals surface area (Å²) in [6, 6.07) is 5.09. The number of aromatic hydroxyl groups is 1. The molecule has 3 N–H and O–H groups in total. The predicted octanol–water partition coefficient (Wildman–Crippen LogP) is 3.31. The van der Waals surface area contributed by atoms with Crippen molar-refractivity contribution in [1.29, 1.82) is 0 Å². The van der Waals surface area contributed by atoms with Gasteiger partial charge in [0.2, 0.25) is 0 Å². The molecule has 0 saturated heterocycles. The molecule has 26 heavy (non-hydrogen) atoms. The molecule has 2 aromatic carbocycles. The number of phenolic OH excluding ortho intramolecular Hbond substituents is 1. The van der Waals surface area contributed by atoms with Crippen LogP contribution in [0.2, 0.25) is 0 Å². The highest BCUT2D eigenvalue weighted by Gasteiger charge is 2.30. The van der Waals surface area contributed by atoms with Gasteiger partial charge in [-0.1, -0.05) is 17.7 Å². The number of benzene rings is 2. The first-order valence-electron chi connectivity index (χ1n) is 7.09. The van der Waals surface area contributed by atoms with Gasteiger partial charge < -0.3 is 10.8 Å². The zero-order valence-corrected chi connectivity index (χ0v) is 14.1. The summed E-state index contributed by atoms with van der Waals surface area (Å²) in [5, 5.41) is 40.2. The summed E-state index contributed by atoms with van der Waals surface area (Å²) in [5.41, 5.74) is 7.31. The lowest BCUT2D eigenvalue weighted by Gasteiger charge is -2.04. The maximum atomic E-state index is 10.4. The SMILES string of the molecule is Cc1cc(C)c(N)c(C)c1.O=[N+]([O-])c1cc([N+](=O)[O-])c(O)c([N+](=O)[O-])c1. The zero-order valence-electron chi connectivity index (χ0n) is 14.1. The molecule has 0 aromatic heterocycles. The molecule has 0 spiro atoms. The van der Waals surface area contributed by atoms with Gasteiger partial charge in [-0.3, -0.25) is 30.3 Å². The molecule has 0 unspecified atom stereocenters. The molecule has 0 aliphatic heterocycles. The summed E-state index contributed by atoms with van der Waals surface area (Å²) in [4.78, 5) is 27.8. The lowest BCUT2D eigenvalue weighted by molar-refractivity contribution is -0.404. The number of nitrogen functional groups attached to an aromatic ring is 1. The van der Waals surface area contributed by atoms with Crippen LogP contribution in [0.15, 0.2) is 24.3 Å². The summed E-state index contributed by atoms with van der Waals surface area (Å²) >= 11 is 0. The number of rotatable bonds is 3. The molecule has 2 aromatic rings. The maximum Gasteiger partial charge on any atom is 0.324 e. The second kappa shape index (κ2) is 7.88. The van der Waals surface area contributed by atoms with E-state index in [0.29, 0.717) is 12.1 Å². The Kier molecular flexibility index (Phi) is 6.14. The van der Waals surface area contributed by atoms with Crippen molar-refractivity contribution >= 4 is 22.7 Å². The van der Waals surface area contributed by atoms with Crippen LogP contribution >= 0.6 is 0 Å². The van der Waals surface area contributed by atoms with Gasteiger partial charge in [-0.15, -0.1) is 0 Å². The van der Waals surface area contributed by atoms with E-state index < -0.39 is 37.6 Å². The van der Waals surface area contributed by atoms with E-state index >= 15 is 0 Å². The molecule has 0 aliphatic carbocycles. The molecule has 11 nitrogen and oxygen atoms in total. The molecular formula is C15H16N4O7. The largest absolute Gasteiger partial charge is 0.497 e. The third-order valence-corrected chi connectivity index (χ3v) is 3.40. The number of nitro benzene ring substituents is 3. The minimum atomic E-state index is -1.21. The smallest absolute Gasteiger partial charge is 0.324 e. The highest BCUT2D eigenvalue weighted by Crippen LogP contribution is 2.38. The monoisotopic (exact) mass is 364 g/mol. The van der Waals surface area contributed by atoms with E-state index in [2.05, 4.69) is 19.1 Å². The Morgan fingerprint density at radius 1 is 0.808 bits per heavy atom. The van der Waals surface area contributed by atoms with E-state index in [9.17, 15) is 30.3 Å². The molecule has 0 atom stereocenters. The lowest BCUT2D eigenvalue weighted by Crippen LogP contribution is -1.97. The first-order chi connectivity index (χ1) is 12.0. The number of phenols is 1. The Morgan fingerprint density at radius 2 is 1.19 bits per heavy atom. The van der Waals surface area contributed by atoms with Crippen molar-refractivity contribution in [2.45, 2.75) is 20.8 Å². The van der Waals surface area contributed by atoms with Crippen molar-refractivity contribution in [3.63, 3.8) is 0 Å². The first kappa shape index (κ1) is 20.3. The predicted molar refractivity (Wildman–Crippen MR) is 93.1 cm³/mol. The molecule has 11 heteroatoms. The van der Waals surface area contributed by atoms with E-state index in [4.69, 9.17) is 10.8 Å². The topological polar surface area (TPSA) is 176 Å². The number of anilines is 1. The molecule has 138 valence electrons. The van der Waals surface area contributed by atoms with Gasteiger partial charge in [-0.05, 0) is 31.9 Å². The lowest BCUT2D eigenvalue weighted by atomic mass is 10.1. The van der Waals surface area contributed by atoms with Crippen LogP contribution < -0.4 is 5.73 Å². The van der Waals surface area contributed by atoms with Crippen molar-refractivity contribution in [2.75, 3.05) is 5.73 Å². The number of hydrogen-bond donors (Lipinski definition) is 2. The van der Waals surface area contributed by atoms with Gasteiger partial charge in [0.25, 0.3) is 11.4 Å². The Labute approximate surface area is 147 Å². The molecule has 0 aliphatic rings. The first-order valence-corrected chi connectivity index (χ1v) is 7.09. The van der Waals surface area contributed by atoms with Gasteiger partial charge in [-0.25, -0.2) is 0 Å². The Hall–Kier alpha value is -3.76. The molecule has 0 heterocycles. The van der Waals surface area contributed by atoms with Crippen molar-refractivity contribution in [1.82, 2.24) is 0 Å². The highest BCUT2D eigenvalue weighted by atomic mass is 16.6. The van der Waals surface area contributed by atoms with Crippen LogP contribution in [0.25, 0.3) is 0 Å². The number of nitro groups is 3. The van der Waals surface area contributed by atoms with Gasteiger partial charge in [0.05, 0.1) is 26.9 Å². The van der Waals surface area contributed by atoms with E-state index in [0.717, 1.165) is 5.69 Å². The summed E-state index contributed by atoms with van der Waals surface area (Å²) in [7, 11) is 0. The Bertz CT molecular complexity index is 838. The van der Waals surface area contributed by atoms with Gasteiger partial charge in [0.1, 0.15) is 0 Å². The summed E-state index contributed by atoms with van der Waals surface area (Å²) in [6.45, 7) is 6.16. The van der Waals surface area contributed by atoms with Crippen LogP contribution in [0.4, 0.5) is 22.7 Å². The fourth-order valence-electron chi connectivity index (χ4n) is 2.16. The van der Waals surface area contributed by atoms with Crippen LogP contribution in [0, 0.1) is 51.1 Å². The number of hydrogen-bond acceptors (Lipinski definition) is 8. The molecule has 0 amide bonds. The fourth-order valence-corrected chi connectivity index (χ4v) is 2.16. The van der Waals surface area contributed by atoms with Gasteiger partial charge >= 0.3 is 11.4 Å². The van der Waals surface area contributed by atoms with E-state index in [1.165, 1.54) is 16.7 Å². The standard InChI is InChI=1S/C9H13N.C6H3N3O7/c1-6-4-7(2)9(10)8(3)5-6;10-6-4(8(13)14)1-3(7(11)12)2-5(6)9(15)16/h4-5H,10H2,1-3H3;1-2,10H. The molecule has 0 radical (unpaired) electrons. The average Bonchev–Trinajstić information content (AvgIpc) is 2.52. The van der Waals surface area contributed by atoms with E-state index in [-0.39, 0.29) is 0 Å². The minimum Gasteiger partial charge on any atom is -0.497 e. The van der Waals surface area contributed by atoms with E-state index in [1.807, 2.05) is 13.8 Å². The third kappa shape index (κ3) is 4.63. The van der Waals surface area contributed by atoms with Crippen molar-refractivity contribution in [2.24, 2.45) is 0 Å². The average molecular weight is 364 g/mol. The molecule has 0 saturated carbocycles. The number of nitrogens with two attached hydrogens (primary N) is 1. The van der Waals surface area contributed by atoms with Crippen LogP contribution in [0.3, 0.4) is 0 Å². The second-order valence-electron chi connectivity index (χ2n) is 5.42. The van der Waals surface area contributed by atoms with Crippen LogP contribution in [-0.4, -0.2) is 19.9 Å². The zero-order chi connectivity index (χ0) is 20.2. The molecule has 0 fully saturated rings. The van der Waals surface area contributed by atoms with Crippen LogP contribution in [-0.2, 0) is 0 Å². The molecule has 2 rings (SSSR count). The number of nitrogens with zero attached hydrogens (tertiary/aromatic N) is 3. The maximum absolute atomic E-state index is 10.4. The minimum absolute atomic E-state index is 0.447. The second-order valence-corrected chi connectivity index (χ2v) is 5.42. The van der Waals surface area contributed by atoms with Gasteiger partial charge in [0.15, 0.2) is 0 Å². The molecular weight excluding hydrogens is 348 g/mol. The highest BCUT2D eigenvalue weighted by molar-refractivity contribution is 5.64. The quantitative estimate of drug-likeness (QED) is 0.473. The summed E-state index contributed by atoms with van der Waals surface area (Å²) in [5.74, 6) is -1.21.